The molecule has 0 fully saturated rings. The molecule has 8 heteroatoms. The Balaban J connectivity index is 1.84. The summed E-state index contributed by atoms with van der Waals surface area (Å²) >= 11 is 0. The predicted molar refractivity (Wildman–Crippen MR) is 154 cm³/mol. The Morgan fingerprint density at radius 3 is 1.97 bits per heavy atom. The number of amides is 1. The number of benzene rings is 3. The molecule has 5 N–H and O–H groups in total. The van der Waals surface area contributed by atoms with Gasteiger partial charge in [0, 0.05) is 13.1 Å². The van der Waals surface area contributed by atoms with E-state index < -0.39 is 17.9 Å². The lowest BCUT2D eigenvalue weighted by Gasteiger charge is -2.33. The van der Waals surface area contributed by atoms with Gasteiger partial charge in [-0.15, -0.1) is 0 Å². The Morgan fingerprint density at radius 2 is 1.46 bits per heavy atom. The van der Waals surface area contributed by atoms with Gasteiger partial charge >= 0.3 is 5.97 Å². The number of aliphatic carboxylic acids is 1. The molecule has 0 aliphatic heterocycles. The monoisotopic (exact) mass is 530 g/mol. The summed E-state index contributed by atoms with van der Waals surface area (Å²) in [6.45, 7) is 0.622. The van der Waals surface area contributed by atoms with Gasteiger partial charge in [0.1, 0.15) is 11.8 Å². The van der Waals surface area contributed by atoms with Gasteiger partial charge in [-0.05, 0) is 60.9 Å². The highest BCUT2D eigenvalue weighted by Gasteiger charge is 2.34. The number of aryl methyl sites for hydroxylation is 1. The Hall–Kier alpha value is -4.33. The summed E-state index contributed by atoms with van der Waals surface area (Å²) in [5, 5.41) is 10.2. The minimum Gasteiger partial charge on any atom is -0.497 e. The van der Waals surface area contributed by atoms with E-state index in [0.717, 1.165) is 35.3 Å². The normalized spacial score (nSPS) is 11.5. The van der Waals surface area contributed by atoms with Crippen LogP contribution in [-0.2, 0) is 16.0 Å². The molecule has 0 spiro atoms. The van der Waals surface area contributed by atoms with E-state index in [9.17, 15) is 14.7 Å². The summed E-state index contributed by atoms with van der Waals surface area (Å²) in [4.78, 5) is 32.3. The van der Waals surface area contributed by atoms with Crippen molar-refractivity contribution in [2.75, 3.05) is 20.2 Å². The standard InChI is InChI=1S/C31H38N4O4/c1-39-26-19-17-23(18-20-26)11-8-9-22-35(27(30(37)38)16-10-21-34-31(32)33)29(36)28(24-12-4-2-5-13-24)25-14-6-3-7-15-25/h2-7,12-15,17-20,27-28H,8-11,16,21-22H2,1H3,(H,37,38)(H4,32,33,34)/t27-/m0/s1. The molecule has 3 rings (SSSR count). The molecule has 0 aliphatic carbocycles. The molecule has 8 nitrogen and oxygen atoms in total. The number of rotatable bonds is 15. The third-order valence-corrected chi connectivity index (χ3v) is 6.66. The van der Waals surface area contributed by atoms with E-state index >= 15 is 0 Å². The number of nitrogens with two attached hydrogens (primary N) is 2. The second-order valence-electron chi connectivity index (χ2n) is 9.39. The molecule has 206 valence electrons. The number of guanidine groups is 1. The van der Waals surface area contributed by atoms with Crippen molar-refractivity contribution < 1.29 is 19.4 Å². The van der Waals surface area contributed by atoms with Crippen LogP contribution in [-0.4, -0.2) is 54.1 Å². The molecule has 0 saturated heterocycles. The first-order chi connectivity index (χ1) is 18.9. The van der Waals surface area contributed by atoms with E-state index in [0.29, 0.717) is 25.9 Å². The lowest BCUT2D eigenvalue weighted by molar-refractivity contribution is -0.151. The van der Waals surface area contributed by atoms with E-state index in [1.165, 1.54) is 4.90 Å². The number of carbonyl (C=O) groups is 2. The molecular weight excluding hydrogens is 492 g/mol. The Labute approximate surface area is 230 Å². The number of aliphatic imine (C=N–C) groups is 1. The number of nitrogens with zero attached hydrogens (tertiary/aromatic N) is 2. The van der Waals surface area contributed by atoms with Gasteiger partial charge in [0.25, 0.3) is 0 Å². The first-order valence-corrected chi connectivity index (χ1v) is 13.2. The third-order valence-electron chi connectivity index (χ3n) is 6.66. The van der Waals surface area contributed by atoms with E-state index in [2.05, 4.69) is 4.99 Å². The van der Waals surface area contributed by atoms with Crippen LogP contribution in [0.5, 0.6) is 5.75 Å². The minimum atomic E-state index is -1.04. The third kappa shape index (κ3) is 8.88. The summed E-state index contributed by atoms with van der Waals surface area (Å²) in [5.74, 6) is -1.13. The van der Waals surface area contributed by atoms with Crippen LogP contribution in [0.2, 0.25) is 0 Å². The van der Waals surface area contributed by atoms with Gasteiger partial charge in [0.2, 0.25) is 5.91 Å². The highest BCUT2D eigenvalue weighted by Crippen LogP contribution is 2.29. The summed E-state index contributed by atoms with van der Waals surface area (Å²) < 4.78 is 5.23. The molecule has 39 heavy (non-hydrogen) atoms. The lowest BCUT2D eigenvalue weighted by atomic mass is 9.89. The zero-order chi connectivity index (χ0) is 28.0. The van der Waals surface area contributed by atoms with E-state index in [4.69, 9.17) is 16.2 Å². The van der Waals surface area contributed by atoms with E-state index in [1.807, 2.05) is 84.9 Å². The zero-order valence-electron chi connectivity index (χ0n) is 22.4. The Bertz CT molecular complexity index is 1160. The summed E-state index contributed by atoms with van der Waals surface area (Å²) in [6, 6.07) is 25.9. The molecule has 1 atom stereocenters. The number of hydrogen-bond acceptors (Lipinski definition) is 4. The van der Waals surface area contributed by atoms with Crippen LogP contribution in [0, 0.1) is 0 Å². The van der Waals surface area contributed by atoms with Crippen LogP contribution in [0.1, 0.15) is 48.3 Å². The van der Waals surface area contributed by atoms with Crippen molar-refractivity contribution >= 4 is 17.8 Å². The van der Waals surface area contributed by atoms with Gasteiger partial charge in [-0.25, -0.2) is 4.79 Å². The molecule has 3 aromatic rings. The lowest BCUT2D eigenvalue weighted by Crippen LogP contribution is -2.48. The van der Waals surface area contributed by atoms with Crippen LogP contribution in [0.4, 0.5) is 0 Å². The number of carbonyl (C=O) groups excluding carboxylic acids is 1. The average Bonchev–Trinajstić information content (AvgIpc) is 2.95. The molecule has 0 bridgehead atoms. The SMILES string of the molecule is COc1ccc(CCCCN(C(=O)C(c2ccccc2)c2ccccc2)[C@@H](CCCN=C(N)N)C(=O)O)cc1. The summed E-state index contributed by atoms with van der Waals surface area (Å²) in [7, 11) is 1.63. The second kappa shape index (κ2) is 15.2. The van der Waals surface area contributed by atoms with Gasteiger partial charge in [-0.2, -0.15) is 0 Å². The van der Waals surface area contributed by atoms with Crippen molar-refractivity contribution in [3.05, 3.63) is 102 Å². The maximum atomic E-state index is 14.2. The Kier molecular flexibility index (Phi) is 11.4. The van der Waals surface area contributed by atoms with Gasteiger partial charge < -0.3 is 26.2 Å². The molecule has 3 aromatic carbocycles. The van der Waals surface area contributed by atoms with Gasteiger partial charge in [-0.1, -0.05) is 72.8 Å². The van der Waals surface area contributed by atoms with Crippen molar-refractivity contribution in [2.24, 2.45) is 16.5 Å². The van der Waals surface area contributed by atoms with Gasteiger partial charge in [0.05, 0.1) is 13.0 Å². The quantitative estimate of drug-likeness (QED) is 0.153. The average molecular weight is 531 g/mol. The van der Waals surface area contributed by atoms with Crippen LogP contribution in [0.3, 0.4) is 0 Å². The topological polar surface area (TPSA) is 131 Å². The largest absolute Gasteiger partial charge is 0.497 e. The number of carboxylic acids is 1. The molecule has 0 aromatic heterocycles. The van der Waals surface area contributed by atoms with Crippen LogP contribution in [0.25, 0.3) is 0 Å². The van der Waals surface area contributed by atoms with Gasteiger partial charge in [-0.3, -0.25) is 9.79 Å². The van der Waals surface area contributed by atoms with Crippen molar-refractivity contribution in [2.45, 2.75) is 44.1 Å². The van der Waals surface area contributed by atoms with Crippen LogP contribution in [0.15, 0.2) is 89.9 Å². The number of ether oxygens (including phenoxy) is 1. The molecular formula is C31H38N4O4. The molecule has 0 heterocycles. The Morgan fingerprint density at radius 1 is 0.872 bits per heavy atom. The molecule has 1 amide bonds. The summed E-state index contributed by atoms with van der Waals surface area (Å²) in [6.07, 6.45) is 2.96. The molecule has 0 radical (unpaired) electrons. The minimum absolute atomic E-state index is 0.0402. The fraction of sp³-hybridized carbons (Fsp3) is 0.323. The molecule has 0 unspecified atom stereocenters. The maximum absolute atomic E-state index is 14.2. The number of carboxylic acid groups (broad SMARTS) is 1. The van der Waals surface area contributed by atoms with Crippen molar-refractivity contribution in [3.63, 3.8) is 0 Å². The fourth-order valence-corrected chi connectivity index (χ4v) is 4.66. The van der Waals surface area contributed by atoms with Gasteiger partial charge in [0.15, 0.2) is 5.96 Å². The highest BCUT2D eigenvalue weighted by atomic mass is 16.5. The number of hydrogen-bond donors (Lipinski definition) is 3. The molecule has 0 aliphatic rings. The van der Waals surface area contributed by atoms with Crippen LogP contribution >= 0.6 is 0 Å². The van der Waals surface area contributed by atoms with Crippen molar-refractivity contribution in [1.82, 2.24) is 4.90 Å². The van der Waals surface area contributed by atoms with E-state index in [1.54, 1.807) is 7.11 Å². The second-order valence-corrected chi connectivity index (χ2v) is 9.39. The molecule has 0 saturated carbocycles. The highest BCUT2D eigenvalue weighted by molar-refractivity contribution is 5.90. The maximum Gasteiger partial charge on any atom is 0.326 e. The van der Waals surface area contributed by atoms with Crippen LogP contribution < -0.4 is 16.2 Å². The predicted octanol–water partition coefficient (Wildman–Crippen LogP) is 4.19. The zero-order valence-corrected chi connectivity index (χ0v) is 22.4. The van der Waals surface area contributed by atoms with Crippen molar-refractivity contribution in [3.8, 4) is 5.75 Å². The smallest absolute Gasteiger partial charge is 0.326 e. The number of methoxy groups -OCH3 is 1. The first-order valence-electron chi connectivity index (χ1n) is 13.2. The summed E-state index contributed by atoms with van der Waals surface area (Å²) in [5.41, 5.74) is 13.7. The first kappa shape index (κ1) is 29.2. The fourth-order valence-electron chi connectivity index (χ4n) is 4.66. The van der Waals surface area contributed by atoms with E-state index in [-0.39, 0.29) is 18.3 Å². The van der Waals surface area contributed by atoms with Crippen molar-refractivity contribution in [1.29, 1.82) is 0 Å². The number of unbranched alkanes of at least 4 members (excludes halogenated alkanes) is 1.